The number of hydrogen-bond donors (Lipinski definition) is 1. The third-order valence-electron chi connectivity index (χ3n) is 3.88. The maximum atomic E-state index is 10.7. The van der Waals surface area contributed by atoms with Crippen molar-refractivity contribution in [3.63, 3.8) is 0 Å². The third kappa shape index (κ3) is 5.05. The minimum atomic E-state index is -0.686. The molecule has 110 valence electrons. The molecular weight excluding hydrogens is 264 g/mol. The van der Waals surface area contributed by atoms with Crippen LogP contribution in [0.3, 0.4) is 0 Å². The van der Waals surface area contributed by atoms with Gasteiger partial charge in [-0.1, -0.05) is 24.3 Å². The second-order valence-electron chi connectivity index (χ2n) is 5.48. The van der Waals surface area contributed by atoms with Crippen molar-refractivity contribution in [3.05, 3.63) is 41.5 Å². The maximum absolute atomic E-state index is 10.7. The second kappa shape index (κ2) is 7.61. The summed E-state index contributed by atoms with van der Waals surface area (Å²) in [5, 5.41) is 17.5. The van der Waals surface area contributed by atoms with E-state index in [0.717, 1.165) is 38.0 Å². The van der Waals surface area contributed by atoms with Crippen LogP contribution in [-0.4, -0.2) is 35.6 Å². The molecule has 1 aromatic carbocycles. The fraction of sp³-hybridized carbons (Fsp3) is 0.412. The summed E-state index contributed by atoms with van der Waals surface area (Å²) in [7, 11) is 0. The normalized spacial score (nSPS) is 16.9. The zero-order chi connectivity index (χ0) is 15.1. The zero-order valence-electron chi connectivity index (χ0n) is 12.0. The molecule has 0 amide bonds. The van der Waals surface area contributed by atoms with Crippen molar-refractivity contribution >= 4 is 12.0 Å². The van der Waals surface area contributed by atoms with Crippen molar-refractivity contribution in [1.29, 1.82) is 5.26 Å². The average molecular weight is 284 g/mol. The molecule has 1 saturated heterocycles. The number of hydrogen-bond acceptors (Lipinski definition) is 3. The first kappa shape index (κ1) is 15.3. The van der Waals surface area contributed by atoms with Crippen LogP contribution in [0.4, 0.5) is 0 Å². The highest BCUT2D eigenvalue weighted by Gasteiger charge is 2.20. The molecule has 0 aromatic heterocycles. The molecule has 2 rings (SSSR count). The first-order valence-corrected chi connectivity index (χ1v) is 7.28. The van der Waals surface area contributed by atoms with Crippen molar-refractivity contribution in [2.24, 2.45) is 5.92 Å². The van der Waals surface area contributed by atoms with Crippen LogP contribution in [0.15, 0.2) is 30.3 Å². The third-order valence-corrected chi connectivity index (χ3v) is 3.88. The molecule has 1 aliphatic rings. The summed E-state index contributed by atoms with van der Waals surface area (Å²) >= 11 is 0. The van der Waals surface area contributed by atoms with Gasteiger partial charge in [0.05, 0.1) is 11.6 Å². The highest BCUT2D eigenvalue weighted by atomic mass is 16.4. The number of carboxylic acids is 1. The number of nitriles is 1. The lowest BCUT2D eigenvalue weighted by Crippen LogP contribution is -2.34. The lowest BCUT2D eigenvalue weighted by atomic mass is 9.94. The molecule has 0 spiro atoms. The number of aliphatic carboxylic acids is 1. The van der Waals surface area contributed by atoms with Gasteiger partial charge in [-0.2, -0.15) is 5.26 Å². The predicted octanol–water partition coefficient (Wildman–Crippen LogP) is 2.76. The first-order chi connectivity index (χ1) is 10.2. The van der Waals surface area contributed by atoms with Crippen molar-refractivity contribution in [1.82, 2.24) is 4.90 Å². The zero-order valence-corrected chi connectivity index (χ0v) is 12.0. The molecule has 1 fully saturated rings. The Morgan fingerprint density at radius 2 is 2.00 bits per heavy atom. The Hall–Kier alpha value is -2.12. The van der Waals surface area contributed by atoms with E-state index < -0.39 is 5.97 Å². The quantitative estimate of drug-likeness (QED) is 0.903. The predicted molar refractivity (Wildman–Crippen MR) is 81.6 cm³/mol. The smallest absolute Gasteiger partial charge is 0.303 e. The Morgan fingerprint density at radius 1 is 1.33 bits per heavy atom. The van der Waals surface area contributed by atoms with Crippen molar-refractivity contribution in [2.75, 3.05) is 19.6 Å². The van der Waals surface area contributed by atoms with E-state index in [1.807, 2.05) is 24.3 Å². The van der Waals surface area contributed by atoms with Gasteiger partial charge in [0.25, 0.3) is 0 Å². The van der Waals surface area contributed by atoms with E-state index in [9.17, 15) is 4.79 Å². The molecule has 1 aliphatic heterocycles. The van der Waals surface area contributed by atoms with Gasteiger partial charge in [-0.05, 0) is 49.5 Å². The number of likely N-dealkylation sites (tertiary alicyclic amines) is 1. The van der Waals surface area contributed by atoms with Crippen LogP contribution >= 0.6 is 0 Å². The molecule has 4 nitrogen and oxygen atoms in total. The van der Waals surface area contributed by atoms with Gasteiger partial charge in [0.15, 0.2) is 0 Å². The van der Waals surface area contributed by atoms with Gasteiger partial charge < -0.3 is 5.11 Å². The summed E-state index contributed by atoms with van der Waals surface area (Å²) in [6.07, 6.45) is 6.42. The van der Waals surface area contributed by atoms with E-state index in [1.54, 1.807) is 0 Å². The molecule has 0 unspecified atom stereocenters. The van der Waals surface area contributed by atoms with Gasteiger partial charge in [-0.3, -0.25) is 9.69 Å². The number of nitrogens with zero attached hydrogens (tertiary/aromatic N) is 2. The minimum absolute atomic E-state index is 0.301. The summed E-state index contributed by atoms with van der Waals surface area (Å²) in [6, 6.07) is 9.62. The van der Waals surface area contributed by atoms with Crippen LogP contribution in [-0.2, 0) is 4.79 Å². The Kier molecular flexibility index (Phi) is 5.53. The van der Waals surface area contributed by atoms with Crippen LogP contribution in [0, 0.1) is 17.2 Å². The molecule has 21 heavy (non-hydrogen) atoms. The summed E-state index contributed by atoms with van der Waals surface area (Å²) in [6.45, 7) is 2.82. The van der Waals surface area contributed by atoms with Crippen molar-refractivity contribution in [3.8, 4) is 6.07 Å². The van der Waals surface area contributed by atoms with Crippen molar-refractivity contribution < 1.29 is 9.90 Å². The Balaban J connectivity index is 1.75. The monoisotopic (exact) mass is 284 g/mol. The van der Waals surface area contributed by atoms with E-state index in [2.05, 4.69) is 23.1 Å². The first-order valence-electron chi connectivity index (χ1n) is 7.28. The van der Waals surface area contributed by atoms with E-state index in [-0.39, 0.29) is 0 Å². The minimum Gasteiger partial charge on any atom is -0.481 e. The highest BCUT2D eigenvalue weighted by Crippen LogP contribution is 2.20. The van der Waals surface area contributed by atoms with Gasteiger partial charge in [0.2, 0.25) is 0 Å². The van der Waals surface area contributed by atoms with Gasteiger partial charge in [0.1, 0.15) is 0 Å². The molecule has 0 saturated carbocycles. The molecule has 1 aromatic rings. The number of carbonyl (C=O) groups is 1. The summed E-state index contributed by atoms with van der Waals surface area (Å²) in [5.41, 5.74) is 1.77. The molecule has 0 aliphatic carbocycles. The number of rotatable bonds is 5. The molecule has 1 heterocycles. The van der Waals surface area contributed by atoms with E-state index in [4.69, 9.17) is 10.4 Å². The Morgan fingerprint density at radius 3 is 2.57 bits per heavy atom. The van der Waals surface area contributed by atoms with Crippen LogP contribution in [0.2, 0.25) is 0 Å². The van der Waals surface area contributed by atoms with Gasteiger partial charge in [-0.25, -0.2) is 0 Å². The SMILES string of the molecule is N#Cc1ccc(/C=C/CN2CCC(CC(=O)O)CC2)cc1. The Bertz CT molecular complexity index is 535. The lowest BCUT2D eigenvalue weighted by Gasteiger charge is -2.30. The summed E-state index contributed by atoms with van der Waals surface area (Å²) < 4.78 is 0. The molecule has 0 radical (unpaired) electrons. The number of piperidine rings is 1. The maximum Gasteiger partial charge on any atom is 0.303 e. The summed E-state index contributed by atoms with van der Waals surface area (Å²) in [4.78, 5) is 13.0. The molecule has 1 N–H and O–H groups in total. The van der Waals surface area contributed by atoms with Crippen LogP contribution < -0.4 is 0 Å². The highest BCUT2D eigenvalue weighted by molar-refractivity contribution is 5.67. The summed E-state index contributed by atoms with van der Waals surface area (Å²) in [5.74, 6) is -0.351. The Labute approximate surface area is 125 Å². The lowest BCUT2D eigenvalue weighted by molar-refractivity contribution is -0.138. The van der Waals surface area contributed by atoms with Gasteiger partial charge in [0, 0.05) is 13.0 Å². The van der Waals surface area contributed by atoms with E-state index in [0.29, 0.717) is 17.9 Å². The van der Waals surface area contributed by atoms with E-state index in [1.165, 1.54) is 0 Å². The van der Waals surface area contributed by atoms with Gasteiger partial charge >= 0.3 is 5.97 Å². The van der Waals surface area contributed by atoms with Crippen LogP contribution in [0.5, 0.6) is 0 Å². The fourth-order valence-corrected chi connectivity index (χ4v) is 2.63. The standard InChI is InChI=1S/C17H20N2O2/c18-13-16-5-3-14(4-6-16)2-1-9-19-10-7-15(8-11-19)12-17(20)21/h1-6,15H,7-12H2,(H,20,21)/b2-1+. The topological polar surface area (TPSA) is 64.3 Å². The molecule has 0 atom stereocenters. The van der Waals surface area contributed by atoms with Crippen LogP contribution in [0.25, 0.3) is 6.08 Å². The largest absolute Gasteiger partial charge is 0.481 e. The molecular formula is C17H20N2O2. The number of carboxylic acid groups (broad SMARTS) is 1. The van der Waals surface area contributed by atoms with Crippen molar-refractivity contribution in [2.45, 2.75) is 19.3 Å². The second-order valence-corrected chi connectivity index (χ2v) is 5.48. The number of benzene rings is 1. The fourth-order valence-electron chi connectivity index (χ4n) is 2.63. The van der Waals surface area contributed by atoms with Crippen LogP contribution in [0.1, 0.15) is 30.4 Å². The molecule has 4 heteroatoms. The van der Waals surface area contributed by atoms with Gasteiger partial charge in [-0.15, -0.1) is 0 Å². The molecule has 0 bridgehead atoms. The van der Waals surface area contributed by atoms with E-state index >= 15 is 0 Å². The average Bonchev–Trinajstić information content (AvgIpc) is 2.49.